The molecule has 0 saturated carbocycles. The Balaban J connectivity index is 2.15. The van der Waals surface area contributed by atoms with Crippen LogP contribution in [0, 0.1) is 6.92 Å². The van der Waals surface area contributed by atoms with Crippen molar-refractivity contribution in [2.24, 2.45) is 0 Å². The van der Waals surface area contributed by atoms with Gasteiger partial charge in [-0.15, -0.1) is 0 Å². The van der Waals surface area contributed by atoms with Crippen LogP contribution in [-0.2, 0) is 9.59 Å². The third-order valence-corrected chi connectivity index (χ3v) is 3.54. The smallest absolute Gasteiger partial charge is 0.242 e. The van der Waals surface area contributed by atoms with Crippen LogP contribution in [-0.4, -0.2) is 36.3 Å². The minimum Gasteiger partial charge on any atom is -0.341 e. The average Bonchev–Trinajstić information content (AvgIpc) is 2.90. The summed E-state index contributed by atoms with van der Waals surface area (Å²) in [6, 6.07) is 7.65. The highest BCUT2D eigenvalue weighted by Gasteiger charge is 2.23. The Bertz CT molecular complexity index is 479. The zero-order chi connectivity index (χ0) is 13.8. The van der Waals surface area contributed by atoms with Crippen molar-refractivity contribution in [1.82, 2.24) is 4.90 Å². The topological polar surface area (TPSA) is 40.6 Å². The molecule has 0 bridgehead atoms. The summed E-state index contributed by atoms with van der Waals surface area (Å²) in [5.41, 5.74) is 1.83. The van der Waals surface area contributed by atoms with Gasteiger partial charge in [-0.05, 0) is 31.4 Å². The summed E-state index contributed by atoms with van der Waals surface area (Å²) in [5.74, 6) is -0.0576. The minimum absolute atomic E-state index is 0.0379. The number of aryl methyl sites for hydroxylation is 1. The molecule has 4 nitrogen and oxygen atoms in total. The van der Waals surface area contributed by atoms with Gasteiger partial charge in [0.25, 0.3) is 0 Å². The number of amides is 2. The summed E-state index contributed by atoms with van der Waals surface area (Å²) in [5, 5.41) is 0. The zero-order valence-electron chi connectivity index (χ0n) is 11.6. The maximum Gasteiger partial charge on any atom is 0.242 e. The first-order valence-electron chi connectivity index (χ1n) is 6.71. The van der Waals surface area contributed by atoms with E-state index in [1.54, 1.807) is 4.90 Å². The fourth-order valence-corrected chi connectivity index (χ4v) is 2.43. The van der Waals surface area contributed by atoms with Crippen molar-refractivity contribution in [3.05, 3.63) is 29.8 Å². The molecule has 4 heteroatoms. The first kappa shape index (κ1) is 13.6. The molecule has 102 valence electrons. The van der Waals surface area contributed by atoms with Crippen LogP contribution in [0.5, 0.6) is 0 Å². The Morgan fingerprint density at radius 3 is 2.42 bits per heavy atom. The van der Waals surface area contributed by atoms with Crippen LogP contribution >= 0.6 is 0 Å². The SMILES string of the molecule is CC(=O)N(CC(=O)N1CCCC1)c1ccccc1C. The Kier molecular flexibility index (Phi) is 4.20. The molecule has 19 heavy (non-hydrogen) atoms. The lowest BCUT2D eigenvalue weighted by Crippen LogP contribution is -2.41. The Morgan fingerprint density at radius 1 is 1.21 bits per heavy atom. The summed E-state index contributed by atoms with van der Waals surface area (Å²) in [7, 11) is 0. The highest BCUT2D eigenvalue weighted by molar-refractivity contribution is 5.98. The van der Waals surface area contributed by atoms with E-state index < -0.39 is 0 Å². The summed E-state index contributed by atoms with van der Waals surface area (Å²) < 4.78 is 0. The van der Waals surface area contributed by atoms with Gasteiger partial charge in [-0.2, -0.15) is 0 Å². The highest BCUT2D eigenvalue weighted by Crippen LogP contribution is 2.20. The number of para-hydroxylation sites is 1. The van der Waals surface area contributed by atoms with E-state index in [0.29, 0.717) is 0 Å². The third kappa shape index (κ3) is 3.13. The number of benzene rings is 1. The van der Waals surface area contributed by atoms with Crippen molar-refractivity contribution in [3.8, 4) is 0 Å². The van der Waals surface area contributed by atoms with E-state index >= 15 is 0 Å². The van der Waals surface area contributed by atoms with Crippen molar-refractivity contribution in [2.75, 3.05) is 24.5 Å². The summed E-state index contributed by atoms with van der Waals surface area (Å²) in [4.78, 5) is 27.4. The van der Waals surface area contributed by atoms with Crippen molar-refractivity contribution in [1.29, 1.82) is 0 Å². The Labute approximate surface area is 114 Å². The van der Waals surface area contributed by atoms with E-state index in [-0.39, 0.29) is 18.4 Å². The molecule has 1 aliphatic heterocycles. The van der Waals surface area contributed by atoms with E-state index in [1.807, 2.05) is 36.1 Å². The van der Waals surface area contributed by atoms with Gasteiger partial charge in [-0.25, -0.2) is 0 Å². The first-order valence-corrected chi connectivity index (χ1v) is 6.71. The molecular formula is C15H20N2O2. The summed E-state index contributed by atoms with van der Waals surface area (Å²) in [6.45, 7) is 5.23. The molecule has 0 atom stereocenters. The van der Waals surface area contributed by atoms with Gasteiger partial charge in [0.2, 0.25) is 11.8 Å². The van der Waals surface area contributed by atoms with Gasteiger partial charge >= 0.3 is 0 Å². The standard InChI is InChI=1S/C15H20N2O2/c1-12-7-3-4-8-14(12)17(13(2)18)11-15(19)16-9-5-6-10-16/h3-4,7-8H,5-6,9-11H2,1-2H3. The van der Waals surface area contributed by atoms with Crippen LogP contribution in [0.1, 0.15) is 25.3 Å². The van der Waals surface area contributed by atoms with Crippen molar-refractivity contribution in [3.63, 3.8) is 0 Å². The molecule has 1 saturated heterocycles. The van der Waals surface area contributed by atoms with Crippen LogP contribution in [0.4, 0.5) is 5.69 Å². The van der Waals surface area contributed by atoms with Gasteiger partial charge in [0.15, 0.2) is 0 Å². The lowest BCUT2D eigenvalue weighted by atomic mass is 10.2. The normalized spacial score (nSPS) is 14.5. The van der Waals surface area contributed by atoms with E-state index in [0.717, 1.165) is 37.2 Å². The Morgan fingerprint density at radius 2 is 1.84 bits per heavy atom. The van der Waals surface area contributed by atoms with Crippen molar-refractivity contribution < 1.29 is 9.59 Å². The second-order valence-electron chi connectivity index (χ2n) is 4.98. The van der Waals surface area contributed by atoms with Crippen LogP contribution < -0.4 is 4.90 Å². The molecule has 0 aliphatic carbocycles. The van der Waals surface area contributed by atoms with Gasteiger partial charge in [0.1, 0.15) is 6.54 Å². The van der Waals surface area contributed by atoms with Gasteiger partial charge in [-0.3, -0.25) is 9.59 Å². The van der Waals surface area contributed by atoms with Gasteiger partial charge in [0, 0.05) is 25.7 Å². The van der Waals surface area contributed by atoms with Gasteiger partial charge < -0.3 is 9.80 Å². The molecule has 2 amide bonds. The quantitative estimate of drug-likeness (QED) is 0.833. The fraction of sp³-hybridized carbons (Fsp3) is 0.467. The number of nitrogens with zero attached hydrogens (tertiary/aromatic N) is 2. The van der Waals surface area contributed by atoms with Crippen LogP contribution in [0.2, 0.25) is 0 Å². The number of anilines is 1. The number of hydrogen-bond donors (Lipinski definition) is 0. The molecule has 0 spiro atoms. The second-order valence-corrected chi connectivity index (χ2v) is 4.98. The predicted octanol–water partition coefficient (Wildman–Crippen LogP) is 1.97. The van der Waals surface area contributed by atoms with E-state index in [4.69, 9.17) is 0 Å². The molecule has 1 aliphatic rings. The molecule has 1 heterocycles. The summed E-state index contributed by atoms with van der Waals surface area (Å²) in [6.07, 6.45) is 2.13. The van der Waals surface area contributed by atoms with Crippen LogP contribution in [0.3, 0.4) is 0 Å². The maximum atomic E-state index is 12.2. The fourth-order valence-electron chi connectivity index (χ4n) is 2.43. The van der Waals surface area contributed by atoms with Gasteiger partial charge in [0.05, 0.1) is 0 Å². The molecule has 0 N–H and O–H groups in total. The van der Waals surface area contributed by atoms with Crippen molar-refractivity contribution >= 4 is 17.5 Å². The molecule has 0 unspecified atom stereocenters. The average molecular weight is 260 g/mol. The molecule has 1 aromatic carbocycles. The summed E-state index contributed by atoms with van der Waals surface area (Å²) >= 11 is 0. The first-order chi connectivity index (χ1) is 9.09. The predicted molar refractivity (Wildman–Crippen MR) is 75.0 cm³/mol. The number of carbonyl (C=O) groups is 2. The molecule has 1 aromatic rings. The third-order valence-electron chi connectivity index (χ3n) is 3.54. The minimum atomic E-state index is -0.0955. The van der Waals surface area contributed by atoms with E-state index in [9.17, 15) is 9.59 Å². The van der Waals surface area contributed by atoms with E-state index in [1.165, 1.54) is 6.92 Å². The molecule has 0 aromatic heterocycles. The van der Waals surface area contributed by atoms with Crippen LogP contribution in [0.25, 0.3) is 0 Å². The number of likely N-dealkylation sites (tertiary alicyclic amines) is 1. The van der Waals surface area contributed by atoms with Gasteiger partial charge in [-0.1, -0.05) is 18.2 Å². The van der Waals surface area contributed by atoms with E-state index in [2.05, 4.69) is 0 Å². The monoisotopic (exact) mass is 260 g/mol. The second kappa shape index (κ2) is 5.87. The van der Waals surface area contributed by atoms with Crippen molar-refractivity contribution in [2.45, 2.75) is 26.7 Å². The number of carbonyl (C=O) groups excluding carboxylic acids is 2. The maximum absolute atomic E-state index is 12.2. The zero-order valence-corrected chi connectivity index (χ0v) is 11.6. The molecular weight excluding hydrogens is 240 g/mol. The molecule has 0 radical (unpaired) electrons. The lowest BCUT2D eigenvalue weighted by Gasteiger charge is -2.25. The highest BCUT2D eigenvalue weighted by atomic mass is 16.2. The number of rotatable bonds is 3. The Hall–Kier alpha value is -1.84. The largest absolute Gasteiger partial charge is 0.341 e. The number of hydrogen-bond acceptors (Lipinski definition) is 2. The lowest BCUT2D eigenvalue weighted by molar-refractivity contribution is -0.130. The molecule has 1 fully saturated rings. The molecule has 2 rings (SSSR count). The van der Waals surface area contributed by atoms with Crippen LogP contribution in [0.15, 0.2) is 24.3 Å².